The number of hydrogen-bond donors (Lipinski definition) is 0. The lowest BCUT2D eigenvalue weighted by molar-refractivity contribution is -0.157. The zero-order chi connectivity index (χ0) is 17.4. The van der Waals surface area contributed by atoms with Gasteiger partial charge in [-0.25, -0.2) is 0 Å². The summed E-state index contributed by atoms with van der Waals surface area (Å²) in [7, 11) is 0. The van der Waals surface area contributed by atoms with Crippen LogP contribution in [0.1, 0.15) is 71.1 Å². The van der Waals surface area contributed by atoms with Gasteiger partial charge < -0.3 is 4.74 Å². The van der Waals surface area contributed by atoms with E-state index in [0.29, 0.717) is 0 Å². The minimum Gasteiger partial charge on any atom is -0.462 e. The zero-order valence-corrected chi connectivity index (χ0v) is 14.6. The zero-order valence-electron chi connectivity index (χ0n) is 14.6. The number of hydrogen-bond acceptors (Lipinski definition) is 3. The highest BCUT2D eigenvalue weighted by Crippen LogP contribution is 2.43. The predicted molar refractivity (Wildman–Crippen MR) is 91.6 cm³/mol. The van der Waals surface area contributed by atoms with Crippen molar-refractivity contribution in [1.82, 2.24) is 0 Å². The van der Waals surface area contributed by atoms with Crippen molar-refractivity contribution in [2.24, 2.45) is 11.3 Å². The number of nitriles is 1. The van der Waals surface area contributed by atoms with Crippen LogP contribution in [0.2, 0.25) is 0 Å². The lowest BCUT2D eigenvalue weighted by Crippen LogP contribution is -2.32. The number of esters is 1. The predicted octanol–water partition coefficient (Wildman–Crippen LogP) is 5.38. The standard InChI is InChI=1S/C20H28FNO2/c1-2-20(12-6-7-17(21)15-22)13-10-16(11-14-20)19(23)24-18-8-4-3-5-9-18/h6-7,12,16,18H,2-5,8-11,13-14H2,1H3. The van der Waals surface area contributed by atoms with E-state index < -0.39 is 5.83 Å². The maximum atomic E-state index is 12.9. The number of rotatable bonds is 5. The molecule has 0 bridgehead atoms. The van der Waals surface area contributed by atoms with Gasteiger partial charge in [0, 0.05) is 0 Å². The Kier molecular flexibility index (Phi) is 7.02. The van der Waals surface area contributed by atoms with Crippen LogP contribution < -0.4 is 0 Å². The summed E-state index contributed by atoms with van der Waals surface area (Å²) in [5, 5.41) is 8.44. The summed E-state index contributed by atoms with van der Waals surface area (Å²) in [5.41, 5.74) is 0.00779. The molecule has 24 heavy (non-hydrogen) atoms. The molecule has 0 atom stereocenters. The first-order chi connectivity index (χ1) is 11.6. The third-order valence-electron chi connectivity index (χ3n) is 5.65. The van der Waals surface area contributed by atoms with Crippen molar-refractivity contribution in [3.05, 3.63) is 24.1 Å². The first-order valence-electron chi connectivity index (χ1n) is 9.24. The van der Waals surface area contributed by atoms with Gasteiger partial charge in [0.05, 0.1) is 5.92 Å². The van der Waals surface area contributed by atoms with Gasteiger partial charge in [-0.2, -0.15) is 9.65 Å². The molecule has 132 valence electrons. The van der Waals surface area contributed by atoms with Gasteiger partial charge in [-0.1, -0.05) is 25.5 Å². The van der Waals surface area contributed by atoms with Crippen LogP contribution in [-0.4, -0.2) is 12.1 Å². The number of ether oxygens (including phenoxy) is 1. The van der Waals surface area contributed by atoms with Gasteiger partial charge in [0.1, 0.15) is 12.2 Å². The average Bonchev–Trinajstić information content (AvgIpc) is 2.62. The molecule has 0 spiro atoms. The van der Waals surface area contributed by atoms with Crippen molar-refractivity contribution in [1.29, 1.82) is 5.26 Å². The van der Waals surface area contributed by atoms with E-state index >= 15 is 0 Å². The number of carbonyl (C=O) groups excluding carboxylic acids is 1. The molecule has 2 rings (SSSR count). The molecule has 0 aliphatic heterocycles. The van der Waals surface area contributed by atoms with Crippen molar-refractivity contribution in [3.8, 4) is 6.07 Å². The first-order valence-corrected chi connectivity index (χ1v) is 9.24. The van der Waals surface area contributed by atoms with Crippen molar-refractivity contribution in [2.75, 3.05) is 0 Å². The second kappa shape index (κ2) is 9.01. The lowest BCUT2D eigenvalue weighted by Gasteiger charge is -2.37. The number of allylic oxidation sites excluding steroid dienone is 4. The largest absolute Gasteiger partial charge is 0.462 e. The molecular formula is C20H28FNO2. The molecule has 0 unspecified atom stereocenters. The van der Waals surface area contributed by atoms with Gasteiger partial charge in [0.2, 0.25) is 0 Å². The second-order valence-corrected chi connectivity index (χ2v) is 7.17. The Morgan fingerprint density at radius 2 is 1.92 bits per heavy atom. The van der Waals surface area contributed by atoms with Crippen LogP contribution in [0.5, 0.6) is 0 Å². The van der Waals surface area contributed by atoms with Crippen LogP contribution in [0.15, 0.2) is 24.1 Å². The van der Waals surface area contributed by atoms with E-state index in [4.69, 9.17) is 10.00 Å². The molecule has 0 aromatic rings. The first kappa shape index (κ1) is 18.7. The number of nitrogens with zero attached hydrogens (tertiary/aromatic N) is 1. The van der Waals surface area contributed by atoms with Gasteiger partial charge >= 0.3 is 5.97 Å². The SMILES string of the molecule is CCC1(C=CC=C(F)C#N)CCC(C(=O)OC2CCCCC2)CC1. The molecule has 2 fully saturated rings. The molecule has 0 saturated heterocycles. The van der Waals surface area contributed by atoms with Crippen molar-refractivity contribution in [2.45, 2.75) is 77.2 Å². The Morgan fingerprint density at radius 1 is 1.25 bits per heavy atom. The van der Waals surface area contributed by atoms with Crippen LogP contribution in [0, 0.1) is 22.7 Å². The van der Waals surface area contributed by atoms with E-state index in [2.05, 4.69) is 6.92 Å². The normalized spacial score (nSPS) is 29.4. The van der Waals surface area contributed by atoms with Gasteiger partial charge in [-0.3, -0.25) is 4.79 Å². The molecule has 2 aliphatic rings. The summed E-state index contributed by atoms with van der Waals surface area (Å²) >= 11 is 0. The van der Waals surface area contributed by atoms with E-state index in [1.165, 1.54) is 31.4 Å². The van der Waals surface area contributed by atoms with Crippen molar-refractivity contribution < 1.29 is 13.9 Å². The summed E-state index contributed by atoms with van der Waals surface area (Å²) in [6.45, 7) is 2.12. The summed E-state index contributed by atoms with van der Waals surface area (Å²) < 4.78 is 18.6. The van der Waals surface area contributed by atoms with Gasteiger partial charge in [-0.05, 0) is 69.3 Å². The highest BCUT2D eigenvalue weighted by Gasteiger charge is 2.35. The minimum absolute atomic E-state index is 0.00592. The molecule has 2 aliphatic carbocycles. The smallest absolute Gasteiger partial charge is 0.309 e. The second-order valence-electron chi connectivity index (χ2n) is 7.17. The third kappa shape index (κ3) is 5.19. The highest BCUT2D eigenvalue weighted by molar-refractivity contribution is 5.72. The van der Waals surface area contributed by atoms with Crippen LogP contribution in [0.25, 0.3) is 0 Å². The summed E-state index contributed by atoms with van der Waals surface area (Å²) in [6, 6.07) is 1.48. The molecule has 3 nitrogen and oxygen atoms in total. The van der Waals surface area contributed by atoms with Crippen LogP contribution >= 0.6 is 0 Å². The average molecular weight is 333 g/mol. The third-order valence-corrected chi connectivity index (χ3v) is 5.65. The summed E-state index contributed by atoms with van der Waals surface area (Å²) in [4.78, 5) is 12.4. The van der Waals surface area contributed by atoms with Crippen LogP contribution in [-0.2, 0) is 9.53 Å². The lowest BCUT2D eigenvalue weighted by atomic mass is 9.69. The van der Waals surface area contributed by atoms with E-state index in [-0.39, 0.29) is 23.4 Å². The monoisotopic (exact) mass is 333 g/mol. The Bertz CT molecular complexity index is 518. The minimum atomic E-state index is -0.776. The molecule has 2 saturated carbocycles. The van der Waals surface area contributed by atoms with Crippen molar-refractivity contribution >= 4 is 5.97 Å². The number of halogens is 1. The maximum absolute atomic E-state index is 12.9. The molecular weight excluding hydrogens is 305 g/mol. The van der Waals surface area contributed by atoms with E-state index in [0.717, 1.165) is 44.9 Å². The molecule has 0 N–H and O–H groups in total. The summed E-state index contributed by atoms with van der Waals surface area (Å²) in [5.74, 6) is -0.792. The van der Waals surface area contributed by atoms with Gasteiger partial charge in [-0.15, -0.1) is 0 Å². The van der Waals surface area contributed by atoms with Gasteiger partial charge in [0.15, 0.2) is 5.83 Å². The quantitative estimate of drug-likeness (QED) is 0.385. The Hall–Kier alpha value is -1.63. The topological polar surface area (TPSA) is 50.1 Å². The Balaban J connectivity index is 1.86. The molecule has 0 amide bonds. The molecule has 0 aromatic carbocycles. The molecule has 4 heteroatoms. The fraction of sp³-hybridized carbons (Fsp3) is 0.700. The molecule has 0 radical (unpaired) electrons. The van der Waals surface area contributed by atoms with Gasteiger partial charge in [0.25, 0.3) is 0 Å². The fourth-order valence-corrected chi connectivity index (χ4v) is 3.88. The molecule has 0 heterocycles. The van der Waals surface area contributed by atoms with Crippen LogP contribution in [0.3, 0.4) is 0 Å². The maximum Gasteiger partial charge on any atom is 0.309 e. The van der Waals surface area contributed by atoms with Crippen molar-refractivity contribution in [3.63, 3.8) is 0 Å². The fourth-order valence-electron chi connectivity index (χ4n) is 3.88. The Morgan fingerprint density at radius 3 is 2.50 bits per heavy atom. The highest BCUT2D eigenvalue weighted by atomic mass is 19.1. The van der Waals surface area contributed by atoms with E-state index in [9.17, 15) is 9.18 Å². The Labute approximate surface area is 144 Å². The summed E-state index contributed by atoms with van der Waals surface area (Å²) in [6.07, 6.45) is 15.0. The number of carbonyl (C=O) groups is 1. The van der Waals surface area contributed by atoms with Crippen LogP contribution in [0.4, 0.5) is 4.39 Å². The molecule has 0 aromatic heterocycles. The van der Waals surface area contributed by atoms with E-state index in [1.807, 2.05) is 6.08 Å². The van der Waals surface area contributed by atoms with E-state index in [1.54, 1.807) is 6.08 Å².